The SMILES string of the molecule is CCn1nc(C)cc1C(=O)Nc1nc(-c2cc(OC)ccc2OC)cs1. The number of ether oxygens (including phenoxy) is 2. The Morgan fingerprint density at radius 1 is 1.27 bits per heavy atom. The summed E-state index contributed by atoms with van der Waals surface area (Å²) in [7, 11) is 3.21. The fourth-order valence-corrected chi connectivity index (χ4v) is 3.31. The van der Waals surface area contributed by atoms with E-state index in [4.69, 9.17) is 9.47 Å². The van der Waals surface area contributed by atoms with Crippen LogP contribution in [0, 0.1) is 6.92 Å². The Morgan fingerprint density at radius 2 is 2.08 bits per heavy atom. The molecule has 2 heterocycles. The van der Waals surface area contributed by atoms with E-state index in [0.717, 1.165) is 11.3 Å². The van der Waals surface area contributed by atoms with Crippen molar-refractivity contribution >= 4 is 22.4 Å². The Labute approximate surface area is 155 Å². The van der Waals surface area contributed by atoms with Crippen molar-refractivity contribution in [3.05, 3.63) is 41.0 Å². The first-order chi connectivity index (χ1) is 12.5. The highest BCUT2D eigenvalue weighted by atomic mass is 32.1. The number of hydrogen-bond donors (Lipinski definition) is 1. The maximum Gasteiger partial charge on any atom is 0.275 e. The lowest BCUT2D eigenvalue weighted by molar-refractivity contribution is 0.101. The largest absolute Gasteiger partial charge is 0.497 e. The highest BCUT2D eigenvalue weighted by Crippen LogP contribution is 2.35. The standard InChI is InChI=1S/C18H20N4O3S/c1-5-22-15(8-11(2)21-22)17(23)20-18-19-14(10-26-18)13-9-12(24-3)6-7-16(13)25-4/h6-10H,5H2,1-4H3,(H,19,20,23). The summed E-state index contributed by atoms with van der Waals surface area (Å²) in [5.74, 6) is 1.17. The van der Waals surface area contributed by atoms with Gasteiger partial charge in [-0.3, -0.25) is 14.8 Å². The Hall–Kier alpha value is -2.87. The van der Waals surface area contributed by atoms with Crippen LogP contribution in [0.4, 0.5) is 5.13 Å². The molecule has 0 aliphatic heterocycles. The van der Waals surface area contributed by atoms with Crippen molar-refractivity contribution in [2.75, 3.05) is 19.5 Å². The molecule has 0 unspecified atom stereocenters. The van der Waals surface area contributed by atoms with Gasteiger partial charge in [0.05, 0.1) is 25.6 Å². The van der Waals surface area contributed by atoms with Gasteiger partial charge in [0, 0.05) is 17.5 Å². The van der Waals surface area contributed by atoms with E-state index in [1.807, 2.05) is 37.4 Å². The average molecular weight is 372 g/mol. The number of aryl methyl sites for hydroxylation is 2. The molecule has 26 heavy (non-hydrogen) atoms. The smallest absolute Gasteiger partial charge is 0.275 e. The number of benzene rings is 1. The summed E-state index contributed by atoms with van der Waals surface area (Å²) in [6.07, 6.45) is 0. The van der Waals surface area contributed by atoms with Crippen LogP contribution in [0.15, 0.2) is 29.6 Å². The second kappa shape index (κ2) is 7.57. The minimum absolute atomic E-state index is 0.231. The van der Waals surface area contributed by atoms with Gasteiger partial charge in [0.2, 0.25) is 0 Å². The molecule has 0 aliphatic rings. The summed E-state index contributed by atoms with van der Waals surface area (Å²) in [4.78, 5) is 17.0. The van der Waals surface area contributed by atoms with Crippen LogP contribution in [0.3, 0.4) is 0 Å². The Morgan fingerprint density at radius 3 is 2.77 bits per heavy atom. The Balaban J connectivity index is 1.85. The number of anilines is 1. The molecule has 1 N–H and O–H groups in total. The first-order valence-electron chi connectivity index (χ1n) is 8.09. The highest BCUT2D eigenvalue weighted by molar-refractivity contribution is 7.14. The van der Waals surface area contributed by atoms with Crippen molar-refractivity contribution in [3.8, 4) is 22.8 Å². The number of hydrogen-bond acceptors (Lipinski definition) is 6. The maximum atomic E-state index is 12.5. The third-order valence-corrected chi connectivity index (χ3v) is 4.60. The van der Waals surface area contributed by atoms with Crippen LogP contribution >= 0.6 is 11.3 Å². The van der Waals surface area contributed by atoms with Crippen molar-refractivity contribution in [1.29, 1.82) is 0 Å². The fraction of sp³-hybridized carbons (Fsp3) is 0.278. The molecular formula is C18H20N4O3S. The van der Waals surface area contributed by atoms with Gasteiger partial charge in [0.25, 0.3) is 5.91 Å². The maximum absolute atomic E-state index is 12.5. The molecule has 0 aliphatic carbocycles. The number of thiazole rings is 1. The minimum atomic E-state index is -0.231. The number of methoxy groups -OCH3 is 2. The van der Waals surface area contributed by atoms with Gasteiger partial charge >= 0.3 is 0 Å². The average Bonchev–Trinajstić information content (AvgIpc) is 3.27. The van der Waals surface area contributed by atoms with Crippen molar-refractivity contribution < 1.29 is 14.3 Å². The highest BCUT2D eigenvalue weighted by Gasteiger charge is 2.16. The topological polar surface area (TPSA) is 78.3 Å². The molecule has 0 fully saturated rings. The quantitative estimate of drug-likeness (QED) is 0.715. The van der Waals surface area contributed by atoms with Crippen molar-refractivity contribution in [2.45, 2.75) is 20.4 Å². The summed E-state index contributed by atoms with van der Waals surface area (Å²) >= 11 is 1.35. The third-order valence-electron chi connectivity index (χ3n) is 3.84. The van der Waals surface area contributed by atoms with Gasteiger partial charge in [0.15, 0.2) is 5.13 Å². The molecule has 1 aromatic carbocycles. The first-order valence-corrected chi connectivity index (χ1v) is 8.97. The molecule has 0 bridgehead atoms. The zero-order chi connectivity index (χ0) is 18.7. The van der Waals surface area contributed by atoms with E-state index in [9.17, 15) is 4.79 Å². The molecule has 0 saturated heterocycles. The molecule has 0 radical (unpaired) electrons. The van der Waals surface area contributed by atoms with E-state index >= 15 is 0 Å². The van der Waals surface area contributed by atoms with Crippen molar-refractivity contribution in [3.63, 3.8) is 0 Å². The van der Waals surface area contributed by atoms with Crippen LogP contribution in [-0.4, -0.2) is 34.9 Å². The number of carbonyl (C=O) groups excluding carboxylic acids is 1. The summed E-state index contributed by atoms with van der Waals surface area (Å²) in [6, 6.07) is 7.27. The van der Waals surface area contributed by atoms with Crippen LogP contribution in [0.25, 0.3) is 11.3 Å². The van der Waals surface area contributed by atoms with E-state index in [2.05, 4.69) is 15.4 Å². The number of nitrogens with zero attached hydrogens (tertiary/aromatic N) is 3. The molecule has 3 rings (SSSR count). The predicted octanol–water partition coefficient (Wildman–Crippen LogP) is 3.60. The van der Waals surface area contributed by atoms with E-state index in [-0.39, 0.29) is 5.91 Å². The van der Waals surface area contributed by atoms with Crippen LogP contribution in [0.5, 0.6) is 11.5 Å². The molecule has 0 atom stereocenters. The molecule has 7 nitrogen and oxygen atoms in total. The molecule has 3 aromatic rings. The van der Waals surface area contributed by atoms with Crippen LogP contribution in [0.2, 0.25) is 0 Å². The Bertz CT molecular complexity index is 932. The number of rotatable bonds is 6. The third kappa shape index (κ3) is 3.55. The molecule has 0 saturated carbocycles. The zero-order valence-electron chi connectivity index (χ0n) is 15.1. The number of aromatic nitrogens is 3. The van der Waals surface area contributed by atoms with Gasteiger partial charge in [-0.1, -0.05) is 0 Å². The molecular weight excluding hydrogens is 352 g/mol. The normalized spacial score (nSPS) is 10.6. The van der Waals surface area contributed by atoms with E-state index in [1.165, 1.54) is 11.3 Å². The first kappa shape index (κ1) is 17.9. The summed E-state index contributed by atoms with van der Waals surface area (Å²) < 4.78 is 12.3. The van der Waals surface area contributed by atoms with Crippen LogP contribution < -0.4 is 14.8 Å². The number of carbonyl (C=O) groups is 1. The second-order valence-corrected chi connectivity index (χ2v) is 6.40. The van der Waals surface area contributed by atoms with E-state index < -0.39 is 0 Å². The van der Waals surface area contributed by atoms with Gasteiger partial charge in [-0.2, -0.15) is 5.10 Å². The summed E-state index contributed by atoms with van der Waals surface area (Å²) in [6.45, 7) is 4.43. The van der Waals surface area contributed by atoms with Crippen LogP contribution in [-0.2, 0) is 6.54 Å². The van der Waals surface area contributed by atoms with E-state index in [1.54, 1.807) is 25.0 Å². The summed E-state index contributed by atoms with van der Waals surface area (Å²) in [5.41, 5.74) is 2.83. The second-order valence-electron chi connectivity index (χ2n) is 5.54. The lowest BCUT2D eigenvalue weighted by Gasteiger charge is -2.08. The zero-order valence-corrected chi connectivity index (χ0v) is 15.9. The number of amides is 1. The van der Waals surface area contributed by atoms with Gasteiger partial charge in [-0.05, 0) is 38.1 Å². The molecule has 0 spiro atoms. The molecule has 2 aromatic heterocycles. The van der Waals surface area contributed by atoms with Gasteiger partial charge in [-0.25, -0.2) is 4.98 Å². The lowest BCUT2D eigenvalue weighted by Crippen LogP contribution is -2.17. The molecule has 136 valence electrons. The predicted molar refractivity (Wildman–Crippen MR) is 101 cm³/mol. The van der Waals surface area contributed by atoms with Crippen molar-refractivity contribution in [1.82, 2.24) is 14.8 Å². The molecule has 1 amide bonds. The molecule has 8 heteroatoms. The van der Waals surface area contributed by atoms with Gasteiger partial charge < -0.3 is 9.47 Å². The minimum Gasteiger partial charge on any atom is -0.497 e. The van der Waals surface area contributed by atoms with E-state index in [0.29, 0.717) is 34.6 Å². The monoisotopic (exact) mass is 372 g/mol. The van der Waals surface area contributed by atoms with Gasteiger partial charge in [0.1, 0.15) is 17.2 Å². The van der Waals surface area contributed by atoms with Crippen LogP contribution in [0.1, 0.15) is 23.1 Å². The summed E-state index contributed by atoms with van der Waals surface area (Å²) in [5, 5.41) is 9.51. The number of nitrogens with one attached hydrogen (secondary N) is 1. The lowest BCUT2D eigenvalue weighted by atomic mass is 10.1. The fourth-order valence-electron chi connectivity index (χ4n) is 2.60. The van der Waals surface area contributed by atoms with Gasteiger partial charge in [-0.15, -0.1) is 11.3 Å². The Kier molecular flexibility index (Phi) is 5.22. The van der Waals surface area contributed by atoms with Crippen molar-refractivity contribution in [2.24, 2.45) is 0 Å².